The van der Waals surface area contributed by atoms with Gasteiger partial charge in [-0.05, 0) is 45.2 Å². The molecule has 4 nitrogen and oxygen atoms in total. The van der Waals surface area contributed by atoms with E-state index in [0.29, 0.717) is 18.5 Å². The van der Waals surface area contributed by atoms with Crippen molar-refractivity contribution in [3.8, 4) is 0 Å². The van der Waals surface area contributed by atoms with Crippen molar-refractivity contribution in [1.29, 1.82) is 0 Å². The van der Waals surface area contributed by atoms with Crippen molar-refractivity contribution in [2.45, 2.75) is 38.6 Å². The Labute approximate surface area is 123 Å². The van der Waals surface area contributed by atoms with Gasteiger partial charge < -0.3 is 10.2 Å². The Morgan fingerprint density at radius 3 is 2.53 bits per heavy atom. The summed E-state index contributed by atoms with van der Waals surface area (Å²) in [7, 11) is 2.02. The minimum absolute atomic E-state index is 0. The van der Waals surface area contributed by atoms with Gasteiger partial charge in [0, 0.05) is 25.7 Å². The van der Waals surface area contributed by atoms with Gasteiger partial charge in [-0.25, -0.2) is 0 Å². The van der Waals surface area contributed by atoms with E-state index in [1.165, 1.54) is 25.7 Å². The van der Waals surface area contributed by atoms with Gasteiger partial charge in [0.1, 0.15) is 0 Å². The molecule has 0 spiro atoms. The molecule has 19 heavy (non-hydrogen) atoms. The summed E-state index contributed by atoms with van der Waals surface area (Å²) < 4.78 is 0. The maximum atomic E-state index is 12.2. The molecule has 0 aromatic heterocycles. The van der Waals surface area contributed by atoms with Crippen LogP contribution in [-0.2, 0) is 4.79 Å². The number of likely N-dealkylation sites (tertiary alicyclic amines) is 2. The molecule has 1 unspecified atom stereocenters. The summed E-state index contributed by atoms with van der Waals surface area (Å²) in [6.07, 6.45) is 4.79. The largest absolute Gasteiger partial charge is 0.342 e. The number of nitrogens with one attached hydrogen (secondary N) is 1. The molecule has 2 heterocycles. The second kappa shape index (κ2) is 8.08. The molecule has 0 radical (unpaired) electrons. The summed E-state index contributed by atoms with van der Waals surface area (Å²) in [6.45, 7) is 6.92. The van der Waals surface area contributed by atoms with Crippen LogP contribution in [0.5, 0.6) is 0 Å². The second-order valence-electron chi connectivity index (χ2n) is 5.93. The first kappa shape index (κ1) is 16.7. The van der Waals surface area contributed by atoms with Crippen molar-refractivity contribution < 1.29 is 4.79 Å². The van der Waals surface area contributed by atoms with Gasteiger partial charge in [-0.2, -0.15) is 0 Å². The van der Waals surface area contributed by atoms with E-state index in [1.54, 1.807) is 0 Å². The molecule has 2 fully saturated rings. The molecule has 1 N–H and O–H groups in total. The monoisotopic (exact) mass is 289 g/mol. The number of likely N-dealkylation sites (N-methyl/N-ethyl adjacent to an activating group) is 1. The van der Waals surface area contributed by atoms with Gasteiger partial charge in [0.15, 0.2) is 0 Å². The van der Waals surface area contributed by atoms with E-state index in [2.05, 4.69) is 22.0 Å². The Kier molecular flexibility index (Phi) is 7.11. The SMILES string of the molecule is CNC1CCCN(CC(=O)N2CCC(C)CC2)C1.Cl. The molecule has 2 aliphatic heterocycles. The van der Waals surface area contributed by atoms with Gasteiger partial charge in [0.2, 0.25) is 5.91 Å². The van der Waals surface area contributed by atoms with Gasteiger partial charge in [0.25, 0.3) is 0 Å². The quantitative estimate of drug-likeness (QED) is 0.852. The average Bonchev–Trinajstić information content (AvgIpc) is 2.39. The highest BCUT2D eigenvalue weighted by atomic mass is 35.5. The lowest BCUT2D eigenvalue weighted by molar-refractivity contribution is -0.134. The summed E-state index contributed by atoms with van der Waals surface area (Å²) >= 11 is 0. The molecule has 0 bridgehead atoms. The highest BCUT2D eigenvalue weighted by Crippen LogP contribution is 2.17. The lowest BCUT2D eigenvalue weighted by Crippen LogP contribution is -2.49. The molecule has 0 saturated carbocycles. The van der Waals surface area contributed by atoms with Crippen molar-refractivity contribution in [3.05, 3.63) is 0 Å². The smallest absolute Gasteiger partial charge is 0.236 e. The number of hydrogen-bond donors (Lipinski definition) is 1. The van der Waals surface area contributed by atoms with Crippen molar-refractivity contribution >= 4 is 18.3 Å². The molecular weight excluding hydrogens is 262 g/mol. The molecule has 0 aliphatic carbocycles. The van der Waals surface area contributed by atoms with Gasteiger partial charge in [0.05, 0.1) is 6.54 Å². The highest BCUT2D eigenvalue weighted by Gasteiger charge is 2.24. The van der Waals surface area contributed by atoms with E-state index >= 15 is 0 Å². The molecule has 2 aliphatic rings. The molecule has 1 atom stereocenters. The lowest BCUT2D eigenvalue weighted by atomic mass is 9.99. The predicted molar refractivity (Wildman–Crippen MR) is 80.7 cm³/mol. The van der Waals surface area contributed by atoms with Gasteiger partial charge in [-0.3, -0.25) is 9.69 Å². The number of carbonyl (C=O) groups excluding carboxylic acids is 1. The van der Waals surface area contributed by atoms with Gasteiger partial charge in [-0.15, -0.1) is 12.4 Å². The summed E-state index contributed by atoms with van der Waals surface area (Å²) in [5, 5.41) is 3.33. The molecular formula is C14H28ClN3O. The minimum Gasteiger partial charge on any atom is -0.342 e. The number of hydrogen-bond acceptors (Lipinski definition) is 3. The van der Waals surface area contributed by atoms with E-state index in [-0.39, 0.29) is 12.4 Å². The Balaban J connectivity index is 0.00000180. The fourth-order valence-electron chi connectivity index (χ4n) is 2.98. The number of carbonyl (C=O) groups is 1. The topological polar surface area (TPSA) is 35.6 Å². The predicted octanol–water partition coefficient (Wildman–Crippen LogP) is 1.35. The Bertz CT molecular complexity index is 280. The minimum atomic E-state index is 0. The molecule has 2 rings (SSSR count). The molecule has 5 heteroatoms. The van der Waals surface area contributed by atoms with Crippen LogP contribution in [0.4, 0.5) is 0 Å². The van der Waals surface area contributed by atoms with Crippen molar-refractivity contribution in [1.82, 2.24) is 15.1 Å². The van der Waals surface area contributed by atoms with Crippen LogP contribution in [0.15, 0.2) is 0 Å². The number of nitrogens with zero attached hydrogens (tertiary/aromatic N) is 2. The van der Waals surface area contributed by atoms with Crippen LogP contribution in [0.3, 0.4) is 0 Å². The molecule has 1 amide bonds. The number of halogens is 1. The standard InChI is InChI=1S/C14H27N3O.ClH/c1-12-5-8-17(9-6-12)14(18)11-16-7-3-4-13(10-16)15-2;/h12-13,15H,3-11H2,1-2H3;1H. The Morgan fingerprint density at radius 2 is 1.89 bits per heavy atom. The van der Waals surface area contributed by atoms with Crippen LogP contribution >= 0.6 is 12.4 Å². The van der Waals surface area contributed by atoms with Crippen LogP contribution in [0, 0.1) is 5.92 Å². The average molecular weight is 290 g/mol. The van der Waals surface area contributed by atoms with Crippen LogP contribution in [0.1, 0.15) is 32.6 Å². The van der Waals surface area contributed by atoms with Crippen LogP contribution in [-0.4, -0.2) is 61.5 Å². The van der Waals surface area contributed by atoms with E-state index in [1.807, 2.05) is 7.05 Å². The second-order valence-corrected chi connectivity index (χ2v) is 5.93. The summed E-state index contributed by atoms with van der Waals surface area (Å²) in [5.41, 5.74) is 0. The van der Waals surface area contributed by atoms with Gasteiger partial charge in [-0.1, -0.05) is 6.92 Å². The molecule has 112 valence electrons. The third kappa shape index (κ3) is 4.93. The molecule has 0 aromatic rings. The number of piperidine rings is 2. The van der Waals surface area contributed by atoms with E-state index in [4.69, 9.17) is 0 Å². The van der Waals surface area contributed by atoms with Crippen LogP contribution in [0.25, 0.3) is 0 Å². The fourth-order valence-corrected chi connectivity index (χ4v) is 2.98. The summed E-state index contributed by atoms with van der Waals surface area (Å²) in [6, 6.07) is 0.563. The lowest BCUT2D eigenvalue weighted by Gasteiger charge is -2.35. The van der Waals surface area contributed by atoms with Crippen molar-refractivity contribution in [2.24, 2.45) is 5.92 Å². The van der Waals surface area contributed by atoms with Crippen LogP contribution in [0.2, 0.25) is 0 Å². The summed E-state index contributed by atoms with van der Waals surface area (Å²) in [4.78, 5) is 16.6. The van der Waals surface area contributed by atoms with Gasteiger partial charge >= 0.3 is 0 Å². The molecule has 2 saturated heterocycles. The molecule has 0 aromatic carbocycles. The highest BCUT2D eigenvalue weighted by molar-refractivity contribution is 5.85. The first-order valence-electron chi connectivity index (χ1n) is 7.36. The van der Waals surface area contributed by atoms with Crippen molar-refractivity contribution in [2.75, 3.05) is 39.8 Å². The maximum absolute atomic E-state index is 12.2. The third-order valence-electron chi connectivity index (χ3n) is 4.41. The first-order valence-corrected chi connectivity index (χ1v) is 7.36. The summed E-state index contributed by atoms with van der Waals surface area (Å²) in [5.74, 6) is 1.12. The normalized spacial score (nSPS) is 26.0. The van der Waals surface area contributed by atoms with E-state index in [9.17, 15) is 4.79 Å². The van der Waals surface area contributed by atoms with E-state index < -0.39 is 0 Å². The fraction of sp³-hybridized carbons (Fsp3) is 0.929. The Morgan fingerprint density at radius 1 is 1.21 bits per heavy atom. The maximum Gasteiger partial charge on any atom is 0.236 e. The third-order valence-corrected chi connectivity index (χ3v) is 4.41. The van der Waals surface area contributed by atoms with E-state index in [0.717, 1.165) is 32.1 Å². The zero-order chi connectivity index (χ0) is 13.0. The van der Waals surface area contributed by atoms with Crippen LogP contribution < -0.4 is 5.32 Å². The zero-order valence-corrected chi connectivity index (χ0v) is 13.0. The number of rotatable bonds is 3. The Hall–Kier alpha value is -0.320. The van der Waals surface area contributed by atoms with Crippen molar-refractivity contribution in [3.63, 3.8) is 0 Å². The zero-order valence-electron chi connectivity index (χ0n) is 12.2. The number of amides is 1. The first-order chi connectivity index (χ1) is 8.69.